The van der Waals surface area contributed by atoms with Crippen LogP contribution in [0.15, 0.2) is 94.1 Å². The maximum atomic E-state index is 11.4. The van der Waals surface area contributed by atoms with Gasteiger partial charge in [-0.3, -0.25) is 0 Å². The summed E-state index contributed by atoms with van der Waals surface area (Å²) in [6.45, 7) is 0.595. The van der Waals surface area contributed by atoms with Gasteiger partial charge in [-0.15, -0.1) is 0 Å². The molecule has 3 aromatic carbocycles. The van der Waals surface area contributed by atoms with E-state index in [-0.39, 0.29) is 5.63 Å². The number of fused-ring (bicyclic) bond motifs is 2. The monoisotopic (exact) mass is 376 g/mol. The number of hydrogen-bond donors (Lipinski definition) is 0. The molecule has 138 valence electrons. The topological polar surface area (TPSA) is 58.9 Å². The van der Waals surface area contributed by atoms with Gasteiger partial charge in [0, 0.05) is 23.7 Å². The van der Waals surface area contributed by atoms with Crippen LogP contribution in [0.5, 0.6) is 0 Å². The zero-order valence-corrected chi connectivity index (χ0v) is 15.5. The summed E-state index contributed by atoms with van der Waals surface area (Å²) in [4.78, 5) is 11.4. The van der Waals surface area contributed by atoms with Crippen molar-refractivity contribution in [2.45, 2.75) is 6.54 Å². The Morgan fingerprint density at radius 2 is 1.66 bits per heavy atom. The Balaban J connectivity index is 1.60. The molecule has 4 nitrogen and oxygen atoms in total. The van der Waals surface area contributed by atoms with Crippen LogP contribution in [0.25, 0.3) is 33.0 Å². The largest absolute Gasteiger partial charge is 0.423 e. The first-order valence-electron chi connectivity index (χ1n) is 9.33. The average molecular weight is 376 g/mol. The van der Waals surface area contributed by atoms with Crippen molar-refractivity contribution in [3.8, 4) is 17.3 Å². The van der Waals surface area contributed by atoms with Gasteiger partial charge in [-0.25, -0.2) is 4.79 Å². The Hall–Kier alpha value is -4.10. The predicted molar refractivity (Wildman–Crippen MR) is 114 cm³/mol. The van der Waals surface area contributed by atoms with Crippen LogP contribution in [0.1, 0.15) is 11.3 Å². The zero-order chi connectivity index (χ0) is 19.8. The second-order valence-electron chi connectivity index (χ2n) is 6.99. The molecule has 2 aromatic heterocycles. The van der Waals surface area contributed by atoms with Crippen LogP contribution in [-0.2, 0) is 6.54 Å². The van der Waals surface area contributed by atoms with Gasteiger partial charge in [0.05, 0.1) is 0 Å². The molecule has 0 unspecified atom stereocenters. The van der Waals surface area contributed by atoms with Gasteiger partial charge in [0.1, 0.15) is 17.3 Å². The van der Waals surface area contributed by atoms with Crippen LogP contribution in [0, 0.1) is 11.3 Å². The lowest BCUT2D eigenvalue weighted by molar-refractivity contribution is 0.561. The highest BCUT2D eigenvalue weighted by molar-refractivity contribution is 5.84. The summed E-state index contributed by atoms with van der Waals surface area (Å²) >= 11 is 0. The summed E-state index contributed by atoms with van der Waals surface area (Å²) < 4.78 is 7.25. The van der Waals surface area contributed by atoms with E-state index in [9.17, 15) is 10.1 Å². The third-order valence-corrected chi connectivity index (χ3v) is 5.16. The number of aromatic nitrogens is 1. The minimum Gasteiger partial charge on any atom is -0.423 e. The molecule has 0 saturated heterocycles. The molecule has 0 aliphatic rings. The van der Waals surface area contributed by atoms with Gasteiger partial charge in [0.2, 0.25) is 0 Å². The van der Waals surface area contributed by atoms with E-state index in [1.165, 1.54) is 16.8 Å². The van der Waals surface area contributed by atoms with Gasteiger partial charge < -0.3 is 8.98 Å². The number of nitrogens with zero attached hydrogens (tertiary/aromatic N) is 2. The van der Waals surface area contributed by atoms with Crippen LogP contribution >= 0.6 is 0 Å². The normalized spacial score (nSPS) is 11.0. The number of rotatable bonds is 3. The minimum absolute atomic E-state index is 0.364. The average Bonchev–Trinajstić information content (AvgIpc) is 3.15. The zero-order valence-electron chi connectivity index (χ0n) is 15.5. The standard InChI is InChI=1S/C25H16N2O2/c26-15-22-9-10-23(20-7-11-24-21(14-20)8-12-25(28)29-24)27(22)16-17-5-6-18-3-1-2-4-19(18)13-17/h1-14H,16H2. The van der Waals surface area contributed by atoms with Gasteiger partial charge >= 0.3 is 5.63 Å². The first-order chi connectivity index (χ1) is 14.2. The third kappa shape index (κ3) is 3.09. The summed E-state index contributed by atoms with van der Waals surface area (Å²) in [7, 11) is 0. The van der Waals surface area contributed by atoms with E-state index in [2.05, 4.69) is 36.4 Å². The molecule has 0 bridgehead atoms. The van der Waals surface area contributed by atoms with Gasteiger partial charge in [-0.05, 0) is 64.4 Å². The van der Waals surface area contributed by atoms with Crippen LogP contribution in [0.3, 0.4) is 0 Å². The molecule has 0 saturated carbocycles. The fourth-order valence-corrected chi connectivity index (χ4v) is 3.74. The van der Waals surface area contributed by atoms with E-state index in [1.54, 1.807) is 12.1 Å². The Labute approximate surface area is 166 Å². The highest BCUT2D eigenvalue weighted by Gasteiger charge is 2.12. The molecule has 0 aliphatic heterocycles. The summed E-state index contributed by atoms with van der Waals surface area (Å²) in [6, 6.07) is 29.6. The number of hydrogen-bond acceptors (Lipinski definition) is 3. The van der Waals surface area contributed by atoms with E-state index < -0.39 is 0 Å². The Morgan fingerprint density at radius 3 is 2.52 bits per heavy atom. The van der Waals surface area contributed by atoms with E-state index >= 15 is 0 Å². The lowest BCUT2D eigenvalue weighted by atomic mass is 10.1. The second-order valence-corrected chi connectivity index (χ2v) is 6.99. The summed E-state index contributed by atoms with van der Waals surface area (Å²) in [5.41, 5.74) is 3.83. The van der Waals surface area contributed by atoms with E-state index in [0.717, 1.165) is 22.2 Å². The molecular formula is C25H16N2O2. The molecule has 5 aromatic rings. The molecule has 0 spiro atoms. The molecule has 2 heterocycles. The maximum Gasteiger partial charge on any atom is 0.336 e. The van der Waals surface area contributed by atoms with Gasteiger partial charge in [0.25, 0.3) is 0 Å². The van der Waals surface area contributed by atoms with Crippen molar-refractivity contribution in [2.75, 3.05) is 0 Å². The molecule has 0 amide bonds. The quantitative estimate of drug-likeness (QED) is 0.400. The molecule has 29 heavy (non-hydrogen) atoms. The Morgan fingerprint density at radius 1 is 0.828 bits per heavy atom. The van der Waals surface area contributed by atoms with Gasteiger partial charge in [-0.2, -0.15) is 5.26 Å². The number of nitriles is 1. The predicted octanol–water partition coefficient (Wildman–Crippen LogP) is 5.33. The van der Waals surface area contributed by atoms with E-state index in [0.29, 0.717) is 17.8 Å². The highest BCUT2D eigenvalue weighted by atomic mass is 16.4. The molecule has 4 heteroatoms. The SMILES string of the molecule is N#Cc1ccc(-c2ccc3oc(=O)ccc3c2)n1Cc1ccc2ccccc2c1. The van der Waals surface area contributed by atoms with Crippen molar-refractivity contribution in [3.63, 3.8) is 0 Å². The fraction of sp³-hybridized carbons (Fsp3) is 0.0400. The van der Waals surface area contributed by atoms with Crippen LogP contribution in [0.2, 0.25) is 0 Å². The molecule has 0 atom stereocenters. The van der Waals surface area contributed by atoms with Crippen LogP contribution in [-0.4, -0.2) is 4.57 Å². The molecule has 0 fully saturated rings. The fourth-order valence-electron chi connectivity index (χ4n) is 3.74. The second kappa shape index (κ2) is 6.81. The highest BCUT2D eigenvalue weighted by Crippen LogP contribution is 2.27. The Bertz CT molecular complexity index is 1470. The van der Waals surface area contributed by atoms with Crippen LogP contribution < -0.4 is 5.63 Å². The molecule has 0 radical (unpaired) electrons. The lowest BCUT2D eigenvalue weighted by Gasteiger charge is -2.12. The Kier molecular flexibility index (Phi) is 4.00. The van der Waals surface area contributed by atoms with Crippen molar-refractivity contribution in [2.24, 2.45) is 0 Å². The first-order valence-corrected chi connectivity index (χ1v) is 9.33. The maximum absolute atomic E-state index is 11.4. The third-order valence-electron chi connectivity index (χ3n) is 5.16. The van der Waals surface area contributed by atoms with Crippen LogP contribution in [0.4, 0.5) is 0 Å². The van der Waals surface area contributed by atoms with Crippen molar-refractivity contribution in [3.05, 3.63) is 107 Å². The van der Waals surface area contributed by atoms with Crippen molar-refractivity contribution in [1.82, 2.24) is 4.57 Å². The molecular weight excluding hydrogens is 360 g/mol. The molecule has 5 rings (SSSR count). The lowest BCUT2D eigenvalue weighted by Crippen LogP contribution is -2.04. The minimum atomic E-state index is -0.364. The molecule has 0 aliphatic carbocycles. The van der Waals surface area contributed by atoms with Crippen molar-refractivity contribution >= 4 is 21.7 Å². The van der Waals surface area contributed by atoms with Gasteiger partial charge in [0.15, 0.2) is 0 Å². The van der Waals surface area contributed by atoms with E-state index in [4.69, 9.17) is 4.42 Å². The van der Waals surface area contributed by atoms with Crippen molar-refractivity contribution in [1.29, 1.82) is 5.26 Å². The summed E-state index contributed by atoms with van der Waals surface area (Å²) in [5.74, 6) is 0. The van der Waals surface area contributed by atoms with Crippen molar-refractivity contribution < 1.29 is 4.42 Å². The van der Waals surface area contributed by atoms with Gasteiger partial charge in [-0.1, -0.05) is 36.4 Å². The smallest absolute Gasteiger partial charge is 0.336 e. The van der Waals surface area contributed by atoms with E-state index in [1.807, 2.05) is 41.0 Å². The summed E-state index contributed by atoms with van der Waals surface area (Å²) in [5, 5.41) is 12.8. The summed E-state index contributed by atoms with van der Waals surface area (Å²) in [6.07, 6.45) is 0. The first kappa shape index (κ1) is 17.0. The molecule has 0 N–H and O–H groups in total. The number of benzene rings is 3.